The van der Waals surface area contributed by atoms with Crippen LogP contribution in [0.5, 0.6) is 0 Å². The third-order valence-corrected chi connectivity index (χ3v) is 3.32. The Morgan fingerprint density at radius 3 is 2.88 bits per heavy atom. The first-order valence-electron chi connectivity index (χ1n) is 6.27. The highest BCUT2D eigenvalue weighted by Gasteiger charge is 2.20. The van der Waals surface area contributed by atoms with E-state index in [1.54, 1.807) is 0 Å². The van der Waals surface area contributed by atoms with Crippen LogP contribution in [0.1, 0.15) is 25.0 Å². The van der Waals surface area contributed by atoms with Crippen molar-refractivity contribution >= 4 is 11.6 Å². The van der Waals surface area contributed by atoms with Gasteiger partial charge in [-0.25, -0.2) is 0 Å². The molecule has 17 heavy (non-hydrogen) atoms. The second-order valence-corrected chi connectivity index (χ2v) is 5.33. The highest BCUT2D eigenvalue weighted by molar-refractivity contribution is 6.30. The molecule has 1 atom stereocenters. The number of nitrogens with one attached hydrogen (secondary N) is 1. The van der Waals surface area contributed by atoms with Crippen LogP contribution in [0.3, 0.4) is 0 Å². The molecule has 0 saturated carbocycles. The number of fused-ring (bicyclic) bond motifs is 1. The minimum Gasteiger partial charge on any atom is -0.377 e. The van der Waals surface area contributed by atoms with Crippen LogP contribution >= 0.6 is 11.6 Å². The summed E-state index contributed by atoms with van der Waals surface area (Å²) in [7, 11) is 0. The van der Waals surface area contributed by atoms with Gasteiger partial charge in [0.15, 0.2) is 0 Å². The molecule has 0 saturated heterocycles. The van der Waals surface area contributed by atoms with Gasteiger partial charge < -0.3 is 10.1 Å². The molecular weight excluding hydrogens is 234 g/mol. The molecule has 3 heteroatoms. The summed E-state index contributed by atoms with van der Waals surface area (Å²) in [6, 6.07) is 6.75. The second kappa shape index (κ2) is 5.85. The van der Waals surface area contributed by atoms with Gasteiger partial charge in [-0.15, -0.1) is 0 Å². The Bertz CT molecular complexity index is 378. The van der Waals surface area contributed by atoms with Crippen molar-refractivity contribution in [3.63, 3.8) is 0 Å². The zero-order valence-electron chi connectivity index (χ0n) is 10.5. The quantitative estimate of drug-likeness (QED) is 0.815. The third kappa shape index (κ3) is 3.70. The first-order valence-corrected chi connectivity index (χ1v) is 6.65. The van der Waals surface area contributed by atoms with Gasteiger partial charge in [0.1, 0.15) is 0 Å². The van der Waals surface area contributed by atoms with Crippen molar-refractivity contribution in [3.8, 4) is 0 Å². The fraction of sp³-hybridized carbons (Fsp3) is 0.571. The number of hydrogen-bond acceptors (Lipinski definition) is 2. The predicted octanol–water partition coefficient (Wildman–Crippen LogP) is 2.82. The lowest BCUT2D eigenvalue weighted by Crippen LogP contribution is -2.32. The minimum atomic E-state index is 0.316. The third-order valence-electron chi connectivity index (χ3n) is 3.09. The molecule has 1 aliphatic carbocycles. The van der Waals surface area contributed by atoms with Gasteiger partial charge in [0.2, 0.25) is 0 Å². The van der Waals surface area contributed by atoms with Crippen molar-refractivity contribution < 1.29 is 4.74 Å². The van der Waals surface area contributed by atoms with Crippen molar-refractivity contribution in [2.45, 2.75) is 38.8 Å². The normalized spacial score (nSPS) is 18.7. The molecular formula is C14H20ClNO. The summed E-state index contributed by atoms with van der Waals surface area (Å²) in [5.74, 6) is 0. The van der Waals surface area contributed by atoms with Gasteiger partial charge in [-0.2, -0.15) is 0 Å². The molecule has 2 rings (SSSR count). The lowest BCUT2D eigenvalue weighted by Gasteiger charge is -2.13. The largest absolute Gasteiger partial charge is 0.377 e. The lowest BCUT2D eigenvalue weighted by molar-refractivity contribution is 0.0795. The van der Waals surface area contributed by atoms with E-state index >= 15 is 0 Å². The Morgan fingerprint density at radius 2 is 2.12 bits per heavy atom. The van der Waals surface area contributed by atoms with Crippen LogP contribution in [0.4, 0.5) is 0 Å². The first-order chi connectivity index (χ1) is 8.15. The molecule has 0 amide bonds. The van der Waals surface area contributed by atoms with E-state index in [4.69, 9.17) is 16.3 Å². The molecule has 94 valence electrons. The Balaban J connectivity index is 1.76. The molecule has 0 heterocycles. The van der Waals surface area contributed by atoms with E-state index in [9.17, 15) is 0 Å². The van der Waals surface area contributed by atoms with Crippen molar-refractivity contribution in [1.29, 1.82) is 0 Å². The molecule has 1 aromatic rings. The number of benzene rings is 1. The molecule has 1 aliphatic rings. The lowest BCUT2D eigenvalue weighted by atomic mass is 10.1. The summed E-state index contributed by atoms with van der Waals surface area (Å²) < 4.78 is 5.51. The number of hydrogen-bond donors (Lipinski definition) is 1. The molecule has 0 aromatic heterocycles. The molecule has 1 unspecified atom stereocenters. The first kappa shape index (κ1) is 12.9. The summed E-state index contributed by atoms with van der Waals surface area (Å²) in [6.45, 7) is 5.83. The van der Waals surface area contributed by atoms with Crippen LogP contribution in [0.25, 0.3) is 0 Å². The van der Waals surface area contributed by atoms with Crippen molar-refractivity contribution in [1.82, 2.24) is 5.32 Å². The molecule has 1 aromatic carbocycles. The van der Waals surface area contributed by atoms with E-state index in [-0.39, 0.29) is 0 Å². The predicted molar refractivity (Wildman–Crippen MR) is 71.7 cm³/mol. The van der Waals surface area contributed by atoms with E-state index in [0.717, 1.165) is 31.0 Å². The smallest absolute Gasteiger partial charge is 0.0594 e. The number of rotatable bonds is 5. The minimum absolute atomic E-state index is 0.316. The molecule has 1 N–H and O–H groups in total. The molecule has 2 nitrogen and oxygen atoms in total. The van der Waals surface area contributed by atoms with Crippen LogP contribution in [0, 0.1) is 0 Å². The van der Waals surface area contributed by atoms with Crippen LogP contribution in [-0.2, 0) is 17.6 Å². The van der Waals surface area contributed by atoms with Gasteiger partial charge in [-0.3, -0.25) is 0 Å². The van der Waals surface area contributed by atoms with Gasteiger partial charge in [0.05, 0.1) is 12.7 Å². The fourth-order valence-electron chi connectivity index (χ4n) is 2.29. The zero-order chi connectivity index (χ0) is 12.3. The average molecular weight is 254 g/mol. The van der Waals surface area contributed by atoms with Crippen LogP contribution in [0.2, 0.25) is 5.02 Å². The second-order valence-electron chi connectivity index (χ2n) is 4.89. The van der Waals surface area contributed by atoms with Crippen molar-refractivity contribution in [3.05, 3.63) is 34.3 Å². The molecule has 0 fully saturated rings. The van der Waals surface area contributed by atoms with E-state index in [0.29, 0.717) is 12.1 Å². The maximum atomic E-state index is 5.99. The van der Waals surface area contributed by atoms with Crippen LogP contribution in [0.15, 0.2) is 18.2 Å². The van der Waals surface area contributed by atoms with E-state index in [1.165, 1.54) is 11.1 Å². The maximum absolute atomic E-state index is 5.99. The van der Waals surface area contributed by atoms with Gasteiger partial charge in [-0.05, 0) is 49.9 Å². The van der Waals surface area contributed by atoms with Crippen molar-refractivity contribution in [2.75, 3.05) is 13.2 Å². The highest BCUT2D eigenvalue weighted by Crippen LogP contribution is 2.25. The maximum Gasteiger partial charge on any atom is 0.0594 e. The molecule has 0 radical (unpaired) electrons. The summed E-state index contributed by atoms with van der Waals surface area (Å²) in [5.41, 5.74) is 2.82. The average Bonchev–Trinajstić information content (AvgIpc) is 2.66. The topological polar surface area (TPSA) is 21.3 Å². The van der Waals surface area contributed by atoms with Crippen LogP contribution < -0.4 is 5.32 Å². The highest BCUT2D eigenvalue weighted by atomic mass is 35.5. The van der Waals surface area contributed by atoms with Crippen LogP contribution in [-0.4, -0.2) is 25.3 Å². The Kier molecular flexibility index (Phi) is 4.43. The van der Waals surface area contributed by atoms with Crippen molar-refractivity contribution in [2.24, 2.45) is 0 Å². The molecule has 0 spiro atoms. The Labute approximate surface area is 108 Å². The summed E-state index contributed by atoms with van der Waals surface area (Å²) in [5, 5.41) is 4.38. The van der Waals surface area contributed by atoms with Gasteiger partial charge in [-0.1, -0.05) is 17.7 Å². The van der Waals surface area contributed by atoms with E-state index < -0.39 is 0 Å². The molecule has 0 bridgehead atoms. The fourth-order valence-corrected chi connectivity index (χ4v) is 2.48. The SMILES string of the molecule is CC(C)OCCNC1Cc2ccc(Cl)cc2C1. The standard InChI is InChI=1S/C14H20ClNO/c1-10(2)17-6-5-16-14-8-11-3-4-13(15)7-12(11)9-14/h3-4,7,10,14,16H,5-6,8-9H2,1-2H3. The summed E-state index contributed by atoms with van der Waals surface area (Å²) >= 11 is 5.99. The Hall–Kier alpha value is -0.570. The van der Waals surface area contributed by atoms with E-state index in [2.05, 4.69) is 31.3 Å². The number of halogens is 1. The zero-order valence-corrected chi connectivity index (χ0v) is 11.3. The van der Waals surface area contributed by atoms with Gasteiger partial charge in [0.25, 0.3) is 0 Å². The van der Waals surface area contributed by atoms with Gasteiger partial charge in [0, 0.05) is 17.6 Å². The summed E-state index contributed by atoms with van der Waals surface area (Å²) in [6.07, 6.45) is 2.50. The number of ether oxygens (including phenoxy) is 1. The monoisotopic (exact) mass is 253 g/mol. The molecule has 0 aliphatic heterocycles. The van der Waals surface area contributed by atoms with E-state index in [1.807, 2.05) is 6.07 Å². The Morgan fingerprint density at radius 1 is 1.35 bits per heavy atom. The summed E-state index contributed by atoms with van der Waals surface area (Å²) in [4.78, 5) is 0. The van der Waals surface area contributed by atoms with Gasteiger partial charge >= 0.3 is 0 Å².